The molecule has 0 saturated carbocycles. The molecule has 0 saturated heterocycles. The van der Waals surface area contributed by atoms with Crippen molar-refractivity contribution in [3.8, 4) is 0 Å². The quantitative estimate of drug-likeness (QED) is 0.708. The molecule has 0 spiro atoms. The maximum Gasteiger partial charge on any atom is 0.0703 e. The predicted molar refractivity (Wildman–Crippen MR) is 71.5 cm³/mol. The van der Waals surface area contributed by atoms with E-state index < -0.39 is 0 Å². The van der Waals surface area contributed by atoms with Gasteiger partial charge in [0, 0.05) is 23.0 Å². The minimum atomic E-state index is 0.430. The van der Waals surface area contributed by atoms with Crippen LogP contribution in [0.3, 0.4) is 0 Å². The van der Waals surface area contributed by atoms with E-state index in [-0.39, 0.29) is 0 Å². The Morgan fingerprint density at radius 3 is 2.71 bits per heavy atom. The largest absolute Gasteiger partial charge is 0.356 e. The second kappa shape index (κ2) is 4.26. The van der Waals surface area contributed by atoms with Gasteiger partial charge in [-0.2, -0.15) is 0 Å². The van der Waals surface area contributed by atoms with Gasteiger partial charge in [0.15, 0.2) is 0 Å². The van der Waals surface area contributed by atoms with Crippen molar-refractivity contribution in [2.24, 2.45) is 0 Å². The summed E-state index contributed by atoms with van der Waals surface area (Å²) in [5.41, 5.74) is 2.96. The maximum atomic E-state index is 7.59. The third kappa shape index (κ3) is 2.11. The minimum Gasteiger partial charge on any atom is -0.356 e. The first-order valence-electron chi connectivity index (χ1n) is 6.00. The number of fused-ring (bicyclic) bond motifs is 1. The molecule has 0 aliphatic rings. The number of nitrogens with zero attached hydrogens (tertiary/aromatic N) is 1. The third-order valence-electron chi connectivity index (χ3n) is 2.61. The van der Waals surface area contributed by atoms with Crippen molar-refractivity contribution in [1.82, 2.24) is 4.98 Å². The first kappa shape index (κ1) is 8.76. The lowest BCUT2D eigenvalue weighted by Gasteiger charge is -2.06. The Morgan fingerprint density at radius 2 is 1.82 bits per heavy atom. The number of benzene rings is 2. The molecule has 0 aliphatic heterocycles. The van der Waals surface area contributed by atoms with E-state index in [1.54, 1.807) is 6.20 Å². The van der Waals surface area contributed by atoms with Crippen LogP contribution < -0.4 is 5.32 Å². The van der Waals surface area contributed by atoms with E-state index in [4.69, 9.17) is 1.37 Å². The molecule has 2 heteroatoms. The van der Waals surface area contributed by atoms with E-state index in [9.17, 15) is 0 Å². The molecular formula is C15H12N2. The molecule has 1 aromatic heterocycles. The number of para-hydroxylation sites is 1. The van der Waals surface area contributed by atoms with Crippen molar-refractivity contribution in [2.75, 3.05) is 5.32 Å². The van der Waals surface area contributed by atoms with Crippen LogP contribution in [0.2, 0.25) is 0 Å². The van der Waals surface area contributed by atoms with Crippen molar-refractivity contribution < 1.29 is 1.37 Å². The van der Waals surface area contributed by atoms with Gasteiger partial charge < -0.3 is 5.32 Å². The number of nitrogens with one attached hydrogen (secondary N) is 1. The Bertz CT molecular complexity index is 680. The lowest BCUT2D eigenvalue weighted by molar-refractivity contribution is 1.41. The van der Waals surface area contributed by atoms with Gasteiger partial charge in [0.05, 0.1) is 6.89 Å². The summed E-state index contributed by atoms with van der Waals surface area (Å²) in [5, 5.41) is 4.30. The molecule has 3 rings (SSSR count). The molecule has 82 valence electrons. The van der Waals surface area contributed by atoms with Crippen LogP contribution in [0.25, 0.3) is 10.9 Å². The van der Waals surface area contributed by atoms with E-state index in [0.717, 1.165) is 22.3 Å². The van der Waals surface area contributed by atoms with Gasteiger partial charge >= 0.3 is 0 Å². The first-order chi connectivity index (χ1) is 8.81. The molecule has 2 nitrogen and oxygen atoms in total. The van der Waals surface area contributed by atoms with Crippen molar-refractivity contribution >= 4 is 22.3 Å². The second-order valence-electron chi connectivity index (χ2n) is 3.83. The van der Waals surface area contributed by atoms with Crippen LogP contribution in [0.1, 0.15) is 1.37 Å². The molecule has 1 N–H and O–H groups in total. The fourth-order valence-electron chi connectivity index (χ4n) is 1.79. The van der Waals surface area contributed by atoms with Crippen molar-refractivity contribution in [2.45, 2.75) is 0 Å². The molecule has 0 fully saturated rings. The molecule has 0 radical (unpaired) electrons. The molecule has 0 aliphatic carbocycles. The Kier molecular flexibility index (Phi) is 2.19. The molecular weight excluding hydrogens is 208 g/mol. The first-order valence-corrected chi connectivity index (χ1v) is 5.50. The van der Waals surface area contributed by atoms with E-state index in [1.807, 2.05) is 54.6 Å². The van der Waals surface area contributed by atoms with Crippen LogP contribution in [0, 0.1) is 0 Å². The van der Waals surface area contributed by atoms with Gasteiger partial charge in [0.25, 0.3) is 0 Å². The summed E-state index contributed by atoms with van der Waals surface area (Å²) < 4.78 is 7.59. The van der Waals surface area contributed by atoms with Gasteiger partial charge in [-0.15, -0.1) is 0 Å². The smallest absolute Gasteiger partial charge is 0.0703 e. The van der Waals surface area contributed by atoms with Crippen LogP contribution >= 0.6 is 0 Å². The highest BCUT2D eigenvalue weighted by Crippen LogP contribution is 2.20. The Balaban J connectivity index is 1.98. The normalized spacial score (nSPS) is 11.2. The third-order valence-corrected chi connectivity index (χ3v) is 2.61. The minimum absolute atomic E-state index is 0.430. The standard InChI is InChI=1S/C15H12N2/c1-2-6-13(7-3-1)17-14-8-9-15-12(11-14)5-4-10-16-15/h1-11,17H/i4D. The molecule has 17 heavy (non-hydrogen) atoms. The van der Waals surface area contributed by atoms with E-state index >= 15 is 0 Å². The molecule has 0 amide bonds. The van der Waals surface area contributed by atoms with Gasteiger partial charge in [-0.1, -0.05) is 24.3 Å². The van der Waals surface area contributed by atoms with Gasteiger partial charge in [0.1, 0.15) is 0 Å². The summed E-state index contributed by atoms with van der Waals surface area (Å²) in [7, 11) is 0. The summed E-state index contributed by atoms with van der Waals surface area (Å²) in [4.78, 5) is 4.21. The maximum absolute atomic E-state index is 7.59. The van der Waals surface area contributed by atoms with Crippen molar-refractivity contribution in [1.29, 1.82) is 0 Å². The van der Waals surface area contributed by atoms with Crippen LogP contribution in [0.4, 0.5) is 11.4 Å². The van der Waals surface area contributed by atoms with Crippen molar-refractivity contribution in [3.05, 3.63) is 66.8 Å². The Labute approximate surface area is 101 Å². The van der Waals surface area contributed by atoms with Crippen LogP contribution in [0.15, 0.2) is 66.8 Å². The van der Waals surface area contributed by atoms with Crippen molar-refractivity contribution in [3.63, 3.8) is 0 Å². The lowest BCUT2D eigenvalue weighted by Crippen LogP contribution is -1.89. The van der Waals surface area contributed by atoms with Gasteiger partial charge in [-0.05, 0) is 36.4 Å². The number of aromatic nitrogens is 1. The number of hydrogen-bond donors (Lipinski definition) is 1. The monoisotopic (exact) mass is 221 g/mol. The Morgan fingerprint density at radius 1 is 0.941 bits per heavy atom. The number of anilines is 2. The zero-order valence-corrected chi connectivity index (χ0v) is 9.22. The topological polar surface area (TPSA) is 24.9 Å². The van der Waals surface area contributed by atoms with Gasteiger partial charge in [-0.3, -0.25) is 4.98 Å². The summed E-state index contributed by atoms with van der Waals surface area (Å²) in [6.07, 6.45) is 1.56. The molecule has 1 heterocycles. The molecule has 0 unspecified atom stereocenters. The molecule has 3 aromatic rings. The van der Waals surface area contributed by atoms with Crippen LogP contribution in [-0.2, 0) is 0 Å². The zero-order valence-electron chi connectivity index (χ0n) is 10.2. The summed E-state index contributed by atoms with van der Waals surface area (Å²) >= 11 is 0. The molecule has 2 aromatic carbocycles. The highest BCUT2D eigenvalue weighted by molar-refractivity contribution is 5.83. The van der Waals surface area contributed by atoms with E-state index in [1.165, 1.54) is 0 Å². The van der Waals surface area contributed by atoms with Gasteiger partial charge in [-0.25, -0.2) is 0 Å². The van der Waals surface area contributed by atoms with E-state index in [2.05, 4.69) is 10.3 Å². The average molecular weight is 221 g/mol. The fourth-order valence-corrected chi connectivity index (χ4v) is 1.79. The highest BCUT2D eigenvalue weighted by atomic mass is 14.9. The molecule has 0 bridgehead atoms. The lowest BCUT2D eigenvalue weighted by atomic mass is 10.2. The summed E-state index contributed by atoms with van der Waals surface area (Å²) in [6, 6.07) is 18.2. The van der Waals surface area contributed by atoms with Crippen LogP contribution in [0.5, 0.6) is 0 Å². The number of hydrogen-bond acceptors (Lipinski definition) is 2. The van der Waals surface area contributed by atoms with Crippen LogP contribution in [-0.4, -0.2) is 4.98 Å². The number of pyridine rings is 1. The average Bonchev–Trinajstić information content (AvgIpc) is 2.39. The predicted octanol–water partition coefficient (Wildman–Crippen LogP) is 3.98. The number of rotatable bonds is 2. The Hall–Kier alpha value is -2.35. The molecule has 0 atom stereocenters. The summed E-state index contributed by atoms with van der Waals surface area (Å²) in [6.45, 7) is 0. The van der Waals surface area contributed by atoms with Gasteiger partial charge in [0.2, 0.25) is 0 Å². The highest BCUT2D eigenvalue weighted by Gasteiger charge is 1.97. The summed E-state index contributed by atoms with van der Waals surface area (Å²) in [5.74, 6) is 0. The second-order valence-corrected chi connectivity index (χ2v) is 3.83. The SMILES string of the molecule is [2H]c1cnc2ccc(Nc3ccccc3)cc2c1. The van der Waals surface area contributed by atoms with E-state index in [0.29, 0.717) is 6.04 Å². The zero-order chi connectivity index (χ0) is 12.4. The fraction of sp³-hybridized carbons (Fsp3) is 0.